The van der Waals surface area contributed by atoms with Crippen molar-refractivity contribution in [3.63, 3.8) is 0 Å². The lowest BCUT2D eigenvalue weighted by Gasteiger charge is -2.41. The third-order valence-electron chi connectivity index (χ3n) is 4.44. The van der Waals surface area contributed by atoms with Crippen LogP contribution in [0.15, 0.2) is 72.6 Å². The molecule has 0 bridgehead atoms. The van der Waals surface area contributed by atoms with Crippen molar-refractivity contribution in [3.8, 4) is 0 Å². The summed E-state index contributed by atoms with van der Waals surface area (Å²) in [6.07, 6.45) is 10.0. The Balaban J connectivity index is 2.08. The van der Waals surface area contributed by atoms with Crippen molar-refractivity contribution >= 4 is 5.69 Å². The van der Waals surface area contributed by atoms with Crippen LogP contribution >= 0.6 is 0 Å². The maximum atomic E-state index is 6.40. The molecule has 1 aromatic carbocycles. The highest BCUT2D eigenvalue weighted by Gasteiger charge is 2.53. The fourth-order valence-electron chi connectivity index (χ4n) is 3.10. The van der Waals surface area contributed by atoms with E-state index in [-0.39, 0.29) is 5.41 Å². The number of anilines is 1. The third-order valence-corrected chi connectivity index (χ3v) is 4.44. The molecular formula is C19H21NO. The van der Waals surface area contributed by atoms with Crippen molar-refractivity contribution in [3.05, 3.63) is 78.1 Å². The number of benzene rings is 1. The number of para-hydroxylation sites is 1. The fraction of sp³-hybridized carbons (Fsp3) is 0.263. The molecule has 1 N–H and O–H groups in total. The van der Waals surface area contributed by atoms with E-state index < -0.39 is 5.72 Å². The Hall–Kier alpha value is -2.22. The second-order valence-corrected chi connectivity index (χ2v) is 5.99. The summed E-state index contributed by atoms with van der Waals surface area (Å²) in [6.45, 7) is 10.3. The maximum Gasteiger partial charge on any atom is 0.209 e. The van der Waals surface area contributed by atoms with Gasteiger partial charge in [0.15, 0.2) is 0 Å². The highest BCUT2D eigenvalue weighted by Crippen LogP contribution is 2.50. The van der Waals surface area contributed by atoms with Gasteiger partial charge in [0.25, 0.3) is 0 Å². The Morgan fingerprint density at radius 2 is 2.00 bits per heavy atom. The average Bonchev–Trinajstić information content (AvgIpc) is 2.68. The minimum absolute atomic E-state index is 0.167. The second-order valence-electron chi connectivity index (χ2n) is 5.99. The van der Waals surface area contributed by atoms with Gasteiger partial charge in [0.2, 0.25) is 5.72 Å². The first-order chi connectivity index (χ1) is 10.0. The number of nitrogens with one attached hydrogen (secondary N) is 1. The second kappa shape index (κ2) is 4.66. The summed E-state index contributed by atoms with van der Waals surface area (Å²) in [5, 5.41) is 3.56. The van der Waals surface area contributed by atoms with Gasteiger partial charge in [-0.15, -0.1) is 0 Å². The van der Waals surface area contributed by atoms with Crippen LogP contribution in [-0.2, 0) is 10.2 Å². The normalized spacial score (nSPS) is 25.9. The van der Waals surface area contributed by atoms with Crippen LogP contribution in [0.1, 0.15) is 26.3 Å². The van der Waals surface area contributed by atoms with Crippen LogP contribution in [0.5, 0.6) is 0 Å². The Bertz CT molecular complexity index is 679. The fourth-order valence-corrected chi connectivity index (χ4v) is 3.10. The van der Waals surface area contributed by atoms with Crippen LogP contribution < -0.4 is 5.32 Å². The molecule has 0 radical (unpaired) electrons. The highest BCUT2D eigenvalue weighted by atomic mass is 16.5. The number of allylic oxidation sites excluding steroid dienone is 5. The first kappa shape index (κ1) is 13.7. The van der Waals surface area contributed by atoms with Crippen LogP contribution in [-0.4, -0.2) is 5.72 Å². The molecule has 0 fully saturated rings. The molecule has 0 aromatic heterocycles. The summed E-state index contributed by atoms with van der Waals surface area (Å²) in [5.74, 6) is 0.850. The molecule has 2 heteroatoms. The molecular weight excluding hydrogens is 258 g/mol. The minimum Gasteiger partial charge on any atom is -0.463 e. The van der Waals surface area contributed by atoms with Gasteiger partial charge >= 0.3 is 0 Å². The molecule has 0 saturated heterocycles. The molecule has 2 nitrogen and oxygen atoms in total. The molecule has 0 amide bonds. The molecule has 21 heavy (non-hydrogen) atoms. The Kier molecular flexibility index (Phi) is 3.05. The third kappa shape index (κ3) is 1.86. The summed E-state index contributed by atoms with van der Waals surface area (Å²) in [5.41, 5.74) is 2.69. The van der Waals surface area contributed by atoms with Crippen molar-refractivity contribution in [2.45, 2.75) is 31.9 Å². The molecule has 108 valence electrons. The predicted molar refractivity (Wildman–Crippen MR) is 88.1 cm³/mol. The van der Waals surface area contributed by atoms with E-state index in [4.69, 9.17) is 4.74 Å². The SMILES string of the molecule is C=CC1=C(/C=C\C)OC2(C=C1)Nc1ccccc1C2(C)C. The molecule has 1 unspecified atom stereocenters. The maximum absolute atomic E-state index is 6.40. The molecule has 2 aliphatic heterocycles. The Labute approximate surface area is 126 Å². The van der Waals surface area contributed by atoms with Gasteiger partial charge in [-0.2, -0.15) is 0 Å². The Morgan fingerprint density at radius 1 is 1.24 bits per heavy atom. The number of hydrogen-bond acceptors (Lipinski definition) is 2. The van der Waals surface area contributed by atoms with Crippen LogP contribution in [0.3, 0.4) is 0 Å². The van der Waals surface area contributed by atoms with Crippen molar-refractivity contribution < 1.29 is 4.74 Å². The van der Waals surface area contributed by atoms with Crippen molar-refractivity contribution in [1.82, 2.24) is 0 Å². The molecule has 3 rings (SSSR count). The molecule has 1 spiro atoms. The van der Waals surface area contributed by atoms with E-state index >= 15 is 0 Å². The summed E-state index contributed by atoms with van der Waals surface area (Å²) in [7, 11) is 0. The van der Waals surface area contributed by atoms with E-state index in [0.717, 1.165) is 17.0 Å². The van der Waals surface area contributed by atoms with Gasteiger partial charge in [-0.05, 0) is 50.6 Å². The van der Waals surface area contributed by atoms with Crippen LogP contribution in [0, 0.1) is 0 Å². The topological polar surface area (TPSA) is 21.3 Å². The minimum atomic E-state index is -0.557. The molecule has 1 atom stereocenters. The zero-order valence-corrected chi connectivity index (χ0v) is 12.8. The number of rotatable bonds is 2. The zero-order valence-electron chi connectivity index (χ0n) is 12.8. The van der Waals surface area contributed by atoms with E-state index in [0.29, 0.717) is 0 Å². The van der Waals surface area contributed by atoms with Gasteiger partial charge in [-0.1, -0.05) is 36.9 Å². The van der Waals surface area contributed by atoms with Gasteiger partial charge in [0.05, 0.1) is 5.41 Å². The van der Waals surface area contributed by atoms with Gasteiger partial charge < -0.3 is 10.1 Å². The molecule has 0 saturated carbocycles. The van der Waals surface area contributed by atoms with Crippen LogP contribution in [0.25, 0.3) is 0 Å². The lowest BCUT2D eigenvalue weighted by atomic mass is 9.76. The van der Waals surface area contributed by atoms with Crippen molar-refractivity contribution in [2.24, 2.45) is 0 Å². The van der Waals surface area contributed by atoms with Gasteiger partial charge in [0.1, 0.15) is 5.76 Å². The van der Waals surface area contributed by atoms with E-state index in [1.165, 1.54) is 5.56 Å². The van der Waals surface area contributed by atoms with E-state index in [1.807, 2.05) is 31.2 Å². The number of hydrogen-bond donors (Lipinski definition) is 1. The van der Waals surface area contributed by atoms with Crippen molar-refractivity contribution in [1.29, 1.82) is 0 Å². The summed E-state index contributed by atoms with van der Waals surface area (Å²) >= 11 is 0. The van der Waals surface area contributed by atoms with Gasteiger partial charge in [-0.3, -0.25) is 0 Å². The van der Waals surface area contributed by atoms with Crippen molar-refractivity contribution in [2.75, 3.05) is 5.32 Å². The van der Waals surface area contributed by atoms with Gasteiger partial charge in [-0.25, -0.2) is 0 Å². The summed E-state index contributed by atoms with van der Waals surface area (Å²) in [4.78, 5) is 0. The molecule has 0 aliphatic carbocycles. The lowest BCUT2D eigenvalue weighted by molar-refractivity contribution is 0.0210. The largest absolute Gasteiger partial charge is 0.463 e. The van der Waals surface area contributed by atoms with E-state index in [1.54, 1.807) is 0 Å². The van der Waals surface area contributed by atoms with Crippen LogP contribution in [0.2, 0.25) is 0 Å². The quantitative estimate of drug-likeness (QED) is 0.848. The monoisotopic (exact) mass is 279 g/mol. The Morgan fingerprint density at radius 3 is 2.67 bits per heavy atom. The number of fused-ring (bicyclic) bond motifs is 1. The van der Waals surface area contributed by atoms with E-state index in [9.17, 15) is 0 Å². The van der Waals surface area contributed by atoms with Crippen LogP contribution in [0.4, 0.5) is 5.69 Å². The number of ether oxygens (including phenoxy) is 1. The van der Waals surface area contributed by atoms with E-state index in [2.05, 4.69) is 56.1 Å². The summed E-state index contributed by atoms with van der Waals surface area (Å²) in [6, 6.07) is 8.39. The molecule has 1 aromatic rings. The standard InChI is InChI=1S/C19H21NO/c1-5-9-17-14(6-2)12-13-19(21-17)18(3,4)15-10-7-8-11-16(15)20-19/h5-13,20H,2H2,1,3-4H3/b9-5-. The highest BCUT2D eigenvalue weighted by molar-refractivity contribution is 5.66. The van der Waals surface area contributed by atoms with Gasteiger partial charge in [0, 0.05) is 11.3 Å². The molecule has 2 heterocycles. The first-order valence-electron chi connectivity index (χ1n) is 7.29. The first-order valence-corrected chi connectivity index (χ1v) is 7.29. The summed E-state index contributed by atoms with van der Waals surface area (Å²) < 4.78 is 6.40. The molecule has 2 aliphatic rings. The lowest BCUT2D eigenvalue weighted by Crippen LogP contribution is -2.50. The zero-order chi connectivity index (χ0) is 15.1. The average molecular weight is 279 g/mol. The smallest absolute Gasteiger partial charge is 0.209 e. The predicted octanol–water partition coefficient (Wildman–Crippen LogP) is 4.69.